The summed E-state index contributed by atoms with van der Waals surface area (Å²) in [5, 5.41) is 2.41. The first-order chi connectivity index (χ1) is 21.5. The van der Waals surface area contributed by atoms with E-state index in [0.29, 0.717) is 26.4 Å². The second-order valence-electron chi connectivity index (χ2n) is 10.7. The first-order valence-electron chi connectivity index (χ1n) is 15.6. The Kier molecular flexibility index (Phi) is 9.96. The molecule has 228 valence electrons. The normalized spacial score (nSPS) is 11.0. The van der Waals surface area contributed by atoms with Crippen molar-refractivity contribution < 1.29 is 18.9 Å². The number of hydrogen-bond acceptors (Lipinski definition) is 5. The van der Waals surface area contributed by atoms with Gasteiger partial charge in [0, 0.05) is 24.5 Å². The molecule has 5 rings (SSSR count). The van der Waals surface area contributed by atoms with Crippen LogP contribution < -0.4 is 23.8 Å². The molecule has 0 bridgehead atoms. The molecule has 0 N–H and O–H groups in total. The highest BCUT2D eigenvalue weighted by atomic mass is 16.5. The van der Waals surface area contributed by atoms with E-state index in [1.165, 1.54) is 21.9 Å². The predicted octanol–water partition coefficient (Wildman–Crippen LogP) is 9.71. The molecule has 0 aliphatic rings. The molecular weight excluding hydrogens is 546 g/mol. The molecule has 0 spiro atoms. The molecule has 0 aliphatic carbocycles. The van der Waals surface area contributed by atoms with Gasteiger partial charge in [-0.2, -0.15) is 0 Å². The van der Waals surface area contributed by atoms with Gasteiger partial charge in [0.25, 0.3) is 0 Å². The van der Waals surface area contributed by atoms with Gasteiger partial charge in [-0.15, -0.1) is 0 Å². The summed E-state index contributed by atoms with van der Waals surface area (Å²) in [6.07, 6.45) is 0. The first kappa shape index (κ1) is 30.8. The zero-order valence-corrected chi connectivity index (χ0v) is 26.8. The molecule has 0 saturated carbocycles. The Morgan fingerprint density at radius 3 is 1.55 bits per heavy atom. The Morgan fingerprint density at radius 2 is 1.00 bits per heavy atom. The van der Waals surface area contributed by atoms with Crippen LogP contribution in [-0.2, 0) is 6.54 Å². The van der Waals surface area contributed by atoms with Crippen LogP contribution in [0.5, 0.6) is 23.0 Å². The minimum absolute atomic E-state index is 0.546. The maximum absolute atomic E-state index is 6.13. The molecule has 5 heteroatoms. The summed E-state index contributed by atoms with van der Waals surface area (Å²) in [7, 11) is 2.18. The van der Waals surface area contributed by atoms with E-state index < -0.39 is 0 Å². The first-order valence-corrected chi connectivity index (χ1v) is 15.6. The lowest BCUT2D eigenvalue weighted by atomic mass is 9.85. The van der Waals surface area contributed by atoms with Crippen LogP contribution in [0.4, 0.5) is 5.69 Å². The summed E-state index contributed by atoms with van der Waals surface area (Å²) < 4.78 is 24.1. The summed E-state index contributed by atoms with van der Waals surface area (Å²) in [4.78, 5) is 2.37. The van der Waals surface area contributed by atoms with Gasteiger partial charge in [0.2, 0.25) is 0 Å². The Hall–Kier alpha value is -4.64. The van der Waals surface area contributed by atoms with Crippen molar-refractivity contribution in [2.24, 2.45) is 0 Å². The molecule has 0 atom stereocenters. The van der Waals surface area contributed by atoms with E-state index in [0.717, 1.165) is 57.5 Å². The minimum atomic E-state index is 0.546. The summed E-state index contributed by atoms with van der Waals surface area (Å²) in [5.74, 6) is 2.98. The molecule has 0 unspecified atom stereocenters. The van der Waals surface area contributed by atoms with Crippen LogP contribution in [0.25, 0.3) is 33.0 Å². The fourth-order valence-electron chi connectivity index (χ4n) is 5.98. The van der Waals surface area contributed by atoms with Gasteiger partial charge < -0.3 is 23.8 Å². The Labute approximate surface area is 262 Å². The minimum Gasteiger partial charge on any atom is -0.490 e. The predicted molar refractivity (Wildman–Crippen MR) is 183 cm³/mol. The second kappa shape index (κ2) is 14.2. The van der Waals surface area contributed by atoms with Crippen molar-refractivity contribution in [2.45, 2.75) is 41.2 Å². The third-order valence-electron chi connectivity index (χ3n) is 7.76. The van der Waals surface area contributed by atoms with E-state index in [4.69, 9.17) is 18.9 Å². The molecular formula is C39H43NO4. The zero-order valence-electron chi connectivity index (χ0n) is 26.8. The molecule has 5 aromatic rings. The van der Waals surface area contributed by atoms with Crippen molar-refractivity contribution in [3.63, 3.8) is 0 Å². The van der Waals surface area contributed by atoms with Crippen LogP contribution in [0.3, 0.4) is 0 Å². The van der Waals surface area contributed by atoms with E-state index >= 15 is 0 Å². The lowest BCUT2D eigenvalue weighted by molar-refractivity contribution is 0.288. The van der Waals surface area contributed by atoms with Gasteiger partial charge in [-0.1, -0.05) is 66.7 Å². The molecule has 5 aromatic carbocycles. The van der Waals surface area contributed by atoms with Gasteiger partial charge in [-0.25, -0.2) is 0 Å². The molecule has 0 heterocycles. The van der Waals surface area contributed by atoms with Gasteiger partial charge in [0.05, 0.1) is 32.1 Å². The van der Waals surface area contributed by atoms with Crippen molar-refractivity contribution in [1.29, 1.82) is 0 Å². The molecule has 0 aromatic heterocycles. The fourth-order valence-corrected chi connectivity index (χ4v) is 5.98. The number of rotatable bonds is 13. The maximum atomic E-state index is 6.13. The van der Waals surface area contributed by atoms with Crippen LogP contribution in [-0.4, -0.2) is 33.5 Å². The van der Waals surface area contributed by atoms with Crippen molar-refractivity contribution in [1.82, 2.24) is 0 Å². The average Bonchev–Trinajstić information content (AvgIpc) is 3.03. The SMILES string of the molecule is CCOc1ccc(-c2c(-c3ccc(OCC)c(OCC)c3)c(N(C)Cc3ccccc3)c3ccccc3c2C)cc1OCC. The summed E-state index contributed by atoms with van der Waals surface area (Å²) in [6.45, 7) is 13.2. The third-order valence-corrected chi connectivity index (χ3v) is 7.76. The van der Waals surface area contributed by atoms with Gasteiger partial charge in [-0.3, -0.25) is 0 Å². The number of aryl methyl sites for hydroxylation is 1. The molecule has 0 amide bonds. The lowest BCUT2D eigenvalue weighted by Crippen LogP contribution is -2.18. The van der Waals surface area contributed by atoms with Crippen LogP contribution in [0.15, 0.2) is 91.0 Å². The topological polar surface area (TPSA) is 40.2 Å². The van der Waals surface area contributed by atoms with Crippen molar-refractivity contribution in [3.8, 4) is 45.3 Å². The van der Waals surface area contributed by atoms with E-state index in [9.17, 15) is 0 Å². The Morgan fingerprint density at radius 1 is 0.523 bits per heavy atom. The number of fused-ring (bicyclic) bond motifs is 1. The van der Waals surface area contributed by atoms with Gasteiger partial charge >= 0.3 is 0 Å². The number of hydrogen-bond donors (Lipinski definition) is 0. The second-order valence-corrected chi connectivity index (χ2v) is 10.7. The molecule has 0 aliphatic heterocycles. The van der Waals surface area contributed by atoms with Gasteiger partial charge in [-0.05, 0) is 92.1 Å². The fraction of sp³-hybridized carbons (Fsp3) is 0.282. The summed E-state index contributed by atoms with van der Waals surface area (Å²) in [5.41, 5.74) is 8.01. The largest absolute Gasteiger partial charge is 0.490 e. The smallest absolute Gasteiger partial charge is 0.161 e. The molecule has 0 radical (unpaired) electrons. The molecule has 5 nitrogen and oxygen atoms in total. The highest BCUT2D eigenvalue weighted by Gasteiger charge is 2.24. The summed E-state index contributed by atoms with van der Waals surface area (Å²) in [6, 6.07) is 31.9. The Balaban J connectivity index is 1.86. The van der Waals surface area contributed by atoms with E-state index in [2.05, 4.69) is 97.7 Å². The maximum Gasteiger partial charge on any atom is 0.161 e. The lowest BCUT2D eigenvalue weighted by Gasteiger charge is -2.29. The third kappa shape index (κ3) is 6.33. The highest BCUT2D eigenvalue weighted by molar-refractivity contribution is 6.11. The molecule has 44 heavy (non-hydrogen) atoms. The van der Waals surface area contributed by atoms with E-state index in [1.54, 1.807) is 0 Å². The van der Waals surface area contributed by atoms with Gasteiger partial charge in [0.15, 0.2) is 23.0 Å². The van der Waals surface area contributed by atoms with E-state index in [-0.39, 0.29) is 0 Å². The zero-order chi connectivity index (χ0) is 31.1. The molecule has 0 fully saturated rings. The van der Waals surface area contributed by atoms with Crippen molar-refractivity contribution >= 4 is 16.5 Å². The number of benzene rings is 5. The number of nitrogens with zero attached hydrogens (tertiary/aromatic N) is 1. The van der Waals surface area contributed by atoms with Gasteiger partial charge in [0.1, 0.15) is 0 Å². The Bertz CT molecular complexity index is 1710. The van der Waals surface area contributed by atoms with Crippen molar-refractivity contribution in [3.05, 3.63) is 102 Å². The van der Waals surface area contributed by atoms with E-state index in [1.807, 2.05) is 39.8 Å². The van der Waals surface area contributed by atoms with Crippen LogP contribution in [0.1, 0.15) is 38.8 Å². The van der Waals surface area contributed by atoms with Crippen molar-refractivity contribution in [2.75, 3.05) is 38.4 Å². The average molecular weight is 590 g/mol. The number of ether oxygens (including phenoxy) is 4. The molecule has 0 saturated heterocycles. The van der Waals surface area contributed by atoms with Crippen LogP contribution >= 0.6 is 0 Å². The van der Waals surface area contributed by atoms with Crippen LogP contribution in [0, 0.1) is 6.92 Å². The summed E-state index contributed by atoms with van der Waals surface area (Å²) >= 11 is 0. The standard InChI is InChI=1S/C39H43NO4/c1-7-41-33-22-20-29(24-35(33)43-9-3)37-27(5)31-18-14-15-19-32(31)39(40(6)26-28-16-12-11-13-17-28)38(37)30-21-23-34(42-8-2)36(25-30)44-10-4/h11-25H,7-10,26H2,1-6H3. The monoisotopic (exact) mass is 589 g/mol. The number of anilines is 1. The van der Waals surface area contributed by atoms with Crippen LogP contribution in [0.2, 0.25) is 0 Å². The highest BCUT2D eigenvalue weighted by Crippen LogP contribution is 2.49. The quantitative estimate of drug-likeness (QED) is 0.137.